The highest BCUT2D eigenvalue weighted by molar-refractivity contribution is 5.67. The molecule has 0 nitrogen and oxygen atoms in total. The van der Waals surface area contributed by atoms with Crippen molar-refractivity contribution < 1.29 is 8.78 Å². The number of hydrogen-bond donors (Lipinski definition) is 0. The Balaban J connectivity index is 2.14. The molecule has 0 fully saturated rings. The molecule has 1 aliphatic carbocycles. The molecule has 22 heavy (non-hydrogen) atoms. The zero-order valence-corrected chi connectivity index (χ0v) is 13.7. The van der Waals surface area contributed by atoms with E-state index in [1.807, 2.05) is 6.92 Å². The molecule has 0 bridgehead atoms. The highest BCUT2D eigenvalue weighted by Crippen LogP contribution is 2.33. The second-order valence-corrected chi connectivity index (χ2v) is 6.15. The number of rotatable bonds is 6. The Morgan fingerprint density at radius 1 is 1.18 bits per heavy atom. The molecular formula is C20H26F2. The lowest BCUT2D eigenvalue weighted by Gasteiger charge is -2.20. The molecule has 2 rings (SSSR count). The molecule has 2 heteroatoms. The van der Waals surface area contributed by atoms with Crippen molar-refractivity contribution in [2.75, 3.05) is 0 Å². The average molecular weight is 304 g/mol. The summed E-state index contributed by atoms with van der Waals surface area (Å²) in [5.41, 5.74) is 1.92. The Hall–Kier alpha value is -1.44. The van der Waals surface area contributed by atoms with E-state index in [9.17, 15) is 8.78 Å². The molecule has 1 unspecified atom stereocenters. The molecule has 1 atom stereocenters. The van der Waals surface area contributed by atoms with Crippen LogP contribution in [0.3, 0.4) is 0 Å². The van der Waals surface area contributed by atoms with Crippen LogP contribution >= 0.6 is 0 Å². The molecule has 0 heterocycles. The summed E-state index contributed by atoms with van der Waals surface area (Å²) in [4.78, 5) is 0. The highest BCUT2D eigenvalue weighted by atomic mass is 19.2. The van der Waals surface area contributed by atoms with Gasteiger partial charge < -0.3 is 0 Å². The normalized spacial score (nSPS) is 18.7. The standard InChI is InChI=1S/C20H26F2/c1-3-5-6-8-17-13-14-18(20(22)19(17)21)16-11-9-15(7-4-2)10-12-16/h4,7,11,13-15H,3,5-6,8-10,12H2,1-2H3. The highest BCUT2D eigenvalue weighted by Gasteiger charge is 2.19. The maximum absolute atomic E-state index is 14.4. The minimum Gasteiger partial charge on any atom is -0.203 e. The third kappa shape index (κ3) is 4.06. The molecule has 0 saturated carbocycles. The lowest BCUT2D eigenvalue weighted by Crippen LogP contribution is -2.05. The van der Waals surface area contributed by atoms with Gasteiger partial charge in [0.1, 0.15) is 0 Å². The van der Waals surface area contributed by atoms with Crippen molar-refractivity contribution in [1.82, 2.24) is 0 Å². The van der Waals surface area contributed by atoms with Gasteiger partial charge in [0.2, 0.25) is 0 Å². The molecule has 0 radical (unpaired) electrons. The van der Waals surface area contributed by atoms with E-state index in [0.29, 0.717) is 23.5 Å². The number of aryl methyl sites for hydroxylation is 1. The van der Waals surface area contributed by atoms with Gasteiger partial charge in [-0.2, -0.15) is 0 Å². The Kier molecular flexibility index (Phi) is 6.35. The van der Waals surface area contributed by atoms with Crippen LogP contribution in [0.25, 0.3) is 5.57 Å². The van der Waals surface area contributed by atoms with Crippen LogP contribution in [-0.4, -0.2) is 0 Å². The third-order valence-electron chi connectivity index (χ3n) is 4.47. The lowest BCUT2D eigenvalue weighted by atomic mass is 9.86. The summed E-state index contributed by atoms with van der Waals surface area (Å²) in [5, 5.41) is 0. The molecule has 1 aromatic rings. The molecule has 120 valence electrons. The summed E-state index contributed by atoms with van der Waals surface area (Å²) in [5.74, 6) is -0.773. The smallest absolute Gasteiger partial charge is 0.166 e. The minimum absolute atomic E-state index is 0.454. The number of benzene rings is 1. The summed E-state index contributed by atoms with van der Waals surface area (Å²) in [6, 6.07) is 3.53. The molecular weight excluding hydrogens is 278 g/mol. The SMILES string of the molecule is CC=CC1CC=C(c2ccc(CCCCC)c(F)c2F)CC1. The fourth-order valence-electron chi connectivity index (χ4n) is 3.14. The molecule has 1 aromatic carbocycles. The first kappa shape index (κ1) is 16.9. The maximum atomic E-state index is 14.4. The van der Waals surface area contributed by atoms with E-state index < -0.39 is 11.6 Å². The van der Waals surface area contributed by atoms with Crippen LogP contribution in [0, 0.1) is 17.6 Å². The predicted molar refractivity (Wildman–Crippen MR) is 89.7 cm³/mol. The van der Waals surface area contributed by atoms with E-state index in [1.54, 1.807) is 12.1 Å². The minimum atomic E-state index is -0.662. The number of allylic oxidation sites excluding steroid dienone is 4. The molecule has 0 amide bonds. The number of hydrogen-bond acceptors (Lipinski definition) is 0. The molecule has 0 N–H and O–H groups in total. The van der Waals surface area contributed by atoms with Crippen molar-refractivity contribution in [3.63, 3.8) is 0 Å². The Labute approximate surface area is 132 Å². The van der Waals surface area contributed by atoms with Gasteiger partial charge >= 0.3 is 0 Å². The van der Waals surface area contributed by atoms with Crippen molar-refractivity contribution in [2.24, 2.45) is 5.92 Å². The van der Waals surface area contributed by atoms with Crippen molar-refractivity contribution in [3.05, 3.63) is 53.1 Å². The first-order valence-electron chi connectivity index (χ1n) is 8.46. The second-order valence-electron chi connectivity index (χ2n) is 6.15. The third-order valence-corrected chi connectivity index (χ3v) is 4.47. The van der Waals surface area contributed by atoms with Gasteiger partial charge in [-0.1, -0.05) is 50.1 Å². The summed E-state index contributed by atoms with van der Waals surface area (Å²) >= 11 is 0. The number of halogens is 2. The fourth-order valence-corrected chi connectivity index (χ4v) is 3.14. The number of unbranched alkanes of at least 4 members (excludes halogenated alkanes) is 2. The summed E-state index contributed by atoms with van der Waals surface area (Å²) in [6.45, 7) is 4.13. The van der Waals surface area contributed by atoms with Gasteiger partial charge in [0, 0.05) is 5.56 Å². The molecule has 0 spiro atoms. The van der Waals surface area contributed by atoms with Gasteiger partial charge in [-0.05, 0) is 56.1 Å². The van der Waals surface area contributed by atoms with E-state index in [2.05, 4.69) is 25.2 Å². The fraction of sp³-hybridized carbons (Fsp3) is 0.500. The Morgan fingerprint density at radius 2 is 2.00 bits per heavy atom. The van der Waals surface area contributed by atoms with Crippen LogP contribution in [0.2, 0.25) is 0 Å². The van der Waals surface area contributed by atoms with Crippen molar-refractivity contribution in [1.29, 1.82) is 0 Å². The van der Waals surface area contributed by atoms with Crippen LogP contribution < -0.4 is 0 Å². The van der Waals surface area contributed by atoms with Crippen LogP contribution in [0.15, 0.2) is 30.4 Å². The van der Waals surface area contributed by atoms with E-state index in [0.717, 1.165) is 44.1 Å². The van der Waals surface area contributed by atoms with Crippen LogP contribution in [0.5, 0.6) is 0 Å². The van der Waals surface area contributed by atoms with E-state index in [4.69, 9.17) is 0 Å². The van der Waals surface area contributed by atoms with Crippen LogP contribution in [-0.2, 0) is 6.42 Å². The van der Waals surface area contributed by atoms with Gasteiger partial charge in [0.05, 0.1) is 0 Å². The topological polar surface area (TPSA) is 0 Å². The van der Waals surface area contributed by atoms with Gasteiger partial charge in [-0.15, -0.1) is 0 Å². The summed E-state index contributed by atoms with van der Waals surface area (Å²) < 4.78 is 28.6. The summed E-state index contributed by atoms with van der Waals surface area (Å²) in [7, 11) is 0. The monoisotopic (exact) mass is 304 g/mol. The van der Waals surface area contributed by atoms with Crippen molar-refractivity contribution in [2.45, 2.75) is 58.8 Å². The average Bonchev–Trinajstić information content (AvgIpc) is 2.53. The van der Waals surface area contributed by atoms with Crippen LogP contribution in [0.1, 0.15) is 63.5 Å². The zero-order valence-electron chi connectivity index (χ0n) is 13.7. The van der Waals surface area contributed by atoms with Crippen molar-refractivity contribution in [3.8, 4) is 0 Å². The molecule has 0 aliphatic heterocycles. The van der Waals surface area contributed by atoms with Gasteiger partial charge in [-0.3, -0.25) is 0 Å². The van der Waals surface area contributed by atoms with E-state index in [1.165, 1.54) is 0 Å². The van der Waals surface area contributed by atoms with Crippen LogP contribution in [0.4, 0.5) is 8.78 Å². The molecule has 0 saturated heterocycles. The van der Waals surface area contributed by atoms with Gasteiger partial charge in [0.15, 0.2) is 11.6 Å². The first-order valence-corrected chi connectivity index (χ1v) is 8.46. The zero-order chi connectivity index (χ0) is 15.9. The largest absolute Gasteiger partial charge is 0.203 e. The maximum Gasteiger partial charge on any atom is 0.166 e. The lowest BCUT2D eigenvalue weighted by molar-refractivity contribution is 0.492. The van der Waals surface area contributed by atoms with Crippen molar-refractivity contribution >= 4 is 5.57 Å². The molecule has 0 aromatic heterocycles. The van der Waals surface area contributed by atoms with E-state index in [-0.39, 0.29) is 0 Å². The molecule has 1 aliphatic rings. The summed E-state index contributed by atoms with van der Waals surface area (Å²) in [6.07, 6.45) is 12.8. The Bertz CT molecular complexity index is 555. The first-order chi connectivity index (χ1) is 10.7. The predicted octanol–water partition coefficient (Wildman–Crippen LogP) is 6.46. The van der Waals surface area contributed by atoms with Gasteiger partial charge in [-0.25, -0.2) is 8.78 Å². The quantitative estimate of drug-likeness (QED) is 0.418. The second kappa shape index (κ2) is 8.26. The van der Waals surface area contributed by atoms with E-state index >= 15 is 0 Å². The van der Waals surface area contributed by atoms with Gasteiger partial charge in [0.25, 0.3) is 0 Å². The Morgan fingerprint density at radius 3 is 2.64 bits per heavy atom.